The van der Waals surface area contributed by atoms with Crippen LogP contribution >= 0.6 is 0 Å². The number of amides is 2. The molecule has 1 aromatic carbocycles. The van der Waals surface area contributed by atoms with Gasteiger partial charge in [-0.15, -0.1) is 0 Å². The summed E-state index contributed by atoms with van der Waals surface area (Å²) in [6, 6.07) is 8.73. The number of likely N-dealkylation sites (tertiary alicyclic amines) is 1. The number of nitrogens with one attached hydrogen (secondary N) is 1. The fourth-order valence-corrected chi connectivity index (χ4v) is 4.83. The molecule has 0 aromatic heterocycles. The molecule has 1 aliphatic carbocycles. The number of ketones is 1. The van der Waals surface area contributed by atoms with Crippen molar-refractivity contribution in [3.63, 3.8) is 0 Å². The van der Waals surface area contributed by atoms with Gasteiger partial charge in [0.25, 0.3) is 0 Å². The highest BCUT2D eigenvalue weighted by Gasteiger charge is 2.56. The zero-order valence-electron chi connectivity index (χ0n) is 21.0. The monoisotopic (exact) mass is 482 g/mol. The minimum Gasteiger partial charge on any atom is -0.493 e. The fraction of sp³-hybridized carbons (Fsp3) is 0.481. The van der Waals surface area contributed by atoms with Crippen molar-refractivity contribution in [2.75, 3.05) is 20.3 Å². The first-order chi connectivity index (χ1) is 16.5. The highest BCUT2D eigenvalue weighted by molar-refractivity contribution is 6.04. The summed E-state index contributed by atoms with van der Waals surface area (Å²) in [5.74, 6) is -2.16. The summed E-state index contributed by atoms with van der Waals surface area (Å²) in [4.78, 5) is 53.5. The Morgan fingerprint density at radius 1 is 1.20 bits per heavy atom. The zero-order chi connectivity index (χ0) is 25.8. The van der Waals surface area contributed by atoms with Gasteiger partial charge >= 0.3 is 5.97 Å². The molecule has 8 nitrogen and oxygen atoms in total. The minimum atomic E-state index is -0.980. The van der Waals surface area contributed by atoms with Crippen molar-refractivity contribution in [1.82, 2.24) is 10.2 Å². The van der Waals surface area contributed by atoms with Gasteiger partial charge < -0.3 is 19.7 Å². The number of hydrogen-bond donors (Lipinski definition) is 1. The van der Waals surface area contributed by atoms with Crippen molar-refractivity contribution in [3.8, 4) is 0 Å². The van der Waals surface area contributed by atoms with E-state index in [1.807, 2.05) is 51.1 Å². The Morgan fingerprint density at radius 2 is 1.89 bits per heavy atom. The summed E-state index contributed by atoms with van der Waals surface area (Å²) in [6.07, 6.45) is 4.47. The molecule has 3 atom stereocenters. The topological polar surface area (TPSA) is 102 Å². The molecule has 1 N–H and O–H groups in total. The van der Waals surface area contributed by atoms with Crippen LogP contribution in [0.15, 0.2) is 54.3 Å². The van der Waals surface area contributed by atoms with E-state index < -0.39 is 28.8 Å². The van der Waals surface area contributed by atoms with Crippen LogP contribution in [0.4, 0.5) is 0 Å². The van der Waals surface area contributed by atoms with E-state index in [2.05, 4.69) is 5.32 Å². The average molecular weight is 483 g/mol. The van der Waals surface area contributed by atoms with E-state index in [1.165, 1.54) is 18.1 Å². The molecule has 1 aliphatic heterocycles. The molecule has 1 fully saturated rings. The predicted octanol–water partition coefficient (Wildman–Crippen LogP) is 2.78. The largest absolute Gasteiger partial charge is 0.493 e. The number of carbonyl (C=O) groups excluding carboxylic acids is 4. The van der Waals surface area contributed by atoms with E-state index in [4.69, 9.17) is 9.47 Å². The fourth-order valence-electron chi connectivity index (χ4n) is 4.83. The Hall–Kier alpha value is -3.42. The highest BCUT2D eigenvalue weighted by atomic mass is 16.5. The van der Waals surface area contributed by atoms with Gasteiger partial charge in [-0.3, -0.25) is 19.2 Å². The van der Waals surface area contributed by atoms with Crippen molar-refractivity contribution in [2.45, 2.75) is 46.7 Å². The Morgan fingerprint density at radius 3 is 2.49 bits per heavy atom. The third kappa shape index (κ3) is 5.63. The molecule has 2 amide bonds. The lowest BCUT2D eigenvalue weighted by Gasteiger charge is -2.37. The zero-order valence-corrected chi connectivity index (χ0v) is 21.0. The summed E-state index contributed by atoms with van der Waals surface area (Å²) in [7, 11) is 1.39. The van der Waals surface area contributed by atoms with E-state index >= 15 is 0 Å². The van der Waals surface area contributed by atoms with Gasteiger partial charge in [-0.1, -0.05) is 57.2 Å². The number of allylic oxidation sites excluding steroid dienone is 1. The van der Waals surface area contributed by atoms with E-state index in [9.17, 15) is 19.2 Å². The van der Waals surface area contributed by atoms with Crippen molar-refractivity contribution in [2.24, 2.45) is 16.7 Å². The van der Waals surface area contributed by atoms with Gasteiger partial charge in [0.15, 0.2) is 5.76 Å². The molecule has 1 unspecified atom stereocenters. The Kier molecular flexibility index (Phi) is 7.83. The molecule has 35 heavy (non-hydrogen) atoms. The number of esters is 1. The molecular weight excluding hydrogens is 448 g/mol. The number of hydrogen-bond acceptors (Lipinski definition) is 6. The SMILES string of the molecule is CCOC(=O)C[C@H]1C(=O)N(C(C(=O)NCc2ccccc2)C(C)(C)C)C[C@]12C=CC(=O)C(OC)=C2. The average Bonchev–Trinajstić information content (AvgIpc) is 3.05. The van der Waals surface area contributed by atoms with E-state index in [-0.39, 0.29) is 42.9 Å². The molecule has 3 rings (SSSR count). The standard InChI is InChI=1S/C27H34N2O6/c1-6-35-22(31)14-19-25(33)29(17-27(19)13-12-20(30)21(15-27)34-5)23(26(2,3)4)24(32)28-16-18-10-8-7-9-11-18/h7-13,15,19,23H,6,14,16-17H2,1-5H3,(H,28,32)/t19-,23?,27+/m0/s1. The van der Waals surface area contributed by atoms with Gasteiger partial charge in [-0.2, -0.15) is 0 Å². The van der Waals surface area contributed by atoms with Crippen LogP contribution in [-0.4, -0.2) is 54.8 Å². The van der Waals surface area contributed by atoms with E-state index in [1.54, 1.807) is 19.1 Å². The van der Waals surface area contributed by atoms with Gasteiger partial charge in [-0.05, 0) is 30.1 Å². The Labute approximate surface area is 206 Å². The lowest BCUT2D eigenvalue weighted by atomic mass is 9.73. The quantitative estimate of drug-likeness (QED) is 0.572. The molecular formula is C27H34N2O6. The van der Waals surface area contributed by atoms with Crippen LogP contribution in [-0.2, 0) is 35.2 Å². The van der Waals surface area contributed by atoms with Gasteiger partial charge in [0.05, 0.1) is 26.1 Å². The van der Waals surface area contributed by atoms with Gasteiger partial charge in [-0.25, -0.2) is 0 Å². The number of ether oxygens (including phenoxy) is 2. The van der Waals surface area contributed by atoms with Crippen molar-refractivity contribution in [1.29, 1.82) is 0 Å². The summed E-state index contributed by atoms with van der Waals surface area (Å²) >= 11 is 0. The lowest BCUT2D eigenvalue weighted by molar-refractivity contribution is -0.149. The van der Waals surface area contributed by atoms with Crippen molar-refractivity contribution >= 4 is 23.6 Å². The number of carbonyl (C=O) groups is 4. The molecule has 188 valence electrons. The predicted molar refractivity (Wildman–Crippen MR) is 130 cm³/mol. The molecule has 1 aromatic rings. The normalized spacial score (nSPS) is 22.7. The van der Waals surface area contributed by atoms with Crippen LogP contribution in [0.25, 0.3) is 0 Å². The first-order valence-corrected chi connectivity index (χ1v) is 11.8. The molecule has 2 aliphatic rings. The maximum Gasteiger partial charge on any atom is 0.306 e. The molecule has 0 saturated carbocycles. The first-order valence-electron chi connectivity index (χ1n) is 11.8. The summed E-state index contributed by atoms with van der Waals surface area (Å²) in [5, 5.41) is 2.96. The van der Waals surface area contributed by atoms with Crippen LogP contribution in [0.1, 0.15) is 39.7 Å². The second kappa shape index (κ2) is 10.5. The van der Waals surface area contributed by atoms with Crippen molar-refractivity contribution < 1.29 is 28.7 Å². The molecule has 8 heteroatoms. The molecule has 0 radical (unpaired) electrons. The highest BCUT2D eigenvalue weighted by Crippen LogP contribution is 2.47. The Balaban J connectivity index is 1.96. The number of methoxy groups -OCH3 is 1. The number of nitrogens with zero attached hydrogens (tertiary/aromatic N) is 1. The summed E-state index contributed by atoms with van der Waals surface area (Å²) in [6.45, 7) is 8.04. The summed E-state index contributed by atoms with van der Waals surface area (Å²) in [5.41, 5.74) is -0.635. The smallest absolute Gasteiger partial charge is 0.306 e. The number of benzene rings is 1. The minimum absolute atomic E-state index is 0.108. The third-order valence-electron chi connectivity index (χ3n) is 6.45. The molecule has 0 bridgehead atoms. The maximum atomic E-state index is 13.8. The van der Waals surface area contributed by atoms with E-state index in [0.717, 1.165) is 5.56 Å². The third-order valence-corrected chi connectivity index (χ3v) is 6.45. The first kappa shape index (κ1) is 26.2. The van der Waals surface area contributed by atoms with Crippen LogP contribution in [0.2, 0.25) is 0 Å². The van der Waals surface area contributed by atoms with E-state index in [0.29, 0.717) is 6.54 Å². The Bertz CT molecular complexity index is 1040. The molecule has 1 heterocycles. The van der Waals surface area contributed by atoms with Crippen LogP contribution in [0.5, 0.6) is 0 Å². The molecule has 1 saturated heterocycles. The summed E-state index contributed by atoms with van der Waals surface area (Å²) < 4.78 is 10.4. The second-order valence-corrected chi connectivity index (χ2v) is 10.0. The van der Waals surface area contributed by atoms with Crippen LogP contribution < -0.4 is 5.32 Å². The lowest BCUT2D eigenvalue weighted by Crippen LogP contribution is -2.54. The van der Waals surface area contributed by atoms with Crippen molar-refractivity contribution in [3.05, 3.63) is 59.9 Å². The second-order valence-electron chi connectivity index (χ2n) is 10.0. The van der Waals surface area contributed by atoms with Crippen LogP contribution in [0.3, 0.4) is 0 Å². The van der Waals surface area contributed by atoms with Gasteiger partial charge in [0.2, 0.25) is 17.6 Å². The number of rotatable bonds is 8. The maximum absolute atomic E-state index is 13.8. The van der Waals surface area contributed by atoms with Gasteiger partial charge in [0, 0.05) is 18.5 Å². The molecule has 1 spiro atoms. The van der Waals surface area contributed by atoms with Gasteiger partial charge in [0.1, 0.15) is 6.04 Å². The van der Waals surface area contributed by atoms with Crippen LogP contribution in [0, 0.1) is 16.7 Å².